The van der Waals surface area contributed by atoms with Gasteiger partial charge in [-0.15, -0.1) is 0 Å². The van der Waals surface area contributed by atoms with Crippen LogP contribution in [-0.2, 0) is 21.3 Å². The first-order chi connectivity index (χ1) is 9.90. The fourth-order valence-corrected chi connectivity index (χ4v) is 3.15. The lowest BCUT2D eigenvalue weighted by molar-refractivity contribution is 0.180. The van der Waals surface area contributed by atoms with Gasteiger partial charge in [0.15, 0.2) is 0 Å². The first kappa shape index (κ1) is 18.0. The molecule has 0 saturated carbocycles. The van der Waals surface area contributed by atoms with E-state index in [0.717, 1.165) is 13.0 Å². The van der Waals surface area contributed by atoms with E-state index in [1.54, 1.807) is 6.92 Å². The molecule has 1 atom stereocenters. The maximum atomic E-state index is 13.7. The Balaban J connectivity index is 2.89. The summed E-state index contributed by atoms with van der Waals surface area (Å²) in [5.41, 5.74) is 0.339. The van der Waals surface area contributed by atoms with Crippen LogP contribution in [0.5, 0.6) is 0 Å². The summed E-state index contributed by atoms with van der Waals surface area (Å²) in [6, 6.07) is 3.45. The molecule has 0 radical (unpaired) electrons. The average Bonchev–Trinajstić information content (AvgIpc) is 2.40. The monoisotopic (exact) mass is 318 g/mol. The normalized spacial score (nSPS) is 13.3. The summed E-state index contributed by atoms with van der Waals surface area (Å²) in [5, 5.41) is 3.06. The Bertz CT molecular complexity index is 549. The molecule has 0 amide bonds. The number of benzene rings is 1. The fraction of sp³-hybridized carbons (Fsp3) is 0.571. The van der Waals surface area contributed by atoms with Gasteiger partial charge in [0, 0.05) is 25.3 Å². The molecule has 5 nitrogen and oxygen atoms in total. The molecule has 0 heterocycles. The molecule has 1 rings (SSSR count). The molecule has 0 saturated heterocycles. The number of rotatable bonds is 9. The minimum atomic E-state index is -3.68. The molecular formula is C14H23FN2O3S. The van der Waals surface area contributed by atoms with Crippen molar-refractivity contribution < 1.29 is 17.5 Å². The highest BCUT2D eigenvalue weighted by Crippen LogP contribution is 2.15. The van der Waals surface area contributed by atoms with E-state index >= 15 is 0 Å². The average molecular weight is 318 g/mol. The van der Waals surface area contributed by atoms with Gasteiger partial charge in [-0.3, -0.25) is 0 Å². The van der Waals surface area contributed by atoms with Crippen molar-refractivity contribution in [1.29, 1.82) is 0 Å². The standard InChI is InChI=1S/C14H23FN2O3S/c1-4-7-16-9-12-8-13(5-6-14(12)15)21(18,19)17-11(2)10-20-3/h5-6,8,11,16-17H,4,7,9-10H2,1-3H3. The van der Waals surface area contributed by atoms with Crippen LogP contribution in [-0.4, -0.2) is 34.7 Å². The van der Waals surface area contributed by atoms with E-state index in [1.807, 2.05) is 6.92 Å². The summed E-state index contributed by atoms with van der Waals surface area (Å²) in [5.74, 6) is -0.414. The van der Waals surface area contributed by atoms with Gasteiger partial charge in [-0.1, -0.05) is 6.92 Å². The largest absolute Gasteiger partial charge is 0.383 e. The molecule has 7 heteroatoms. The number of hydrogen-bond acceptors (Lipinski definition) is 4. The predicted molar refractivity (Wildman–Crippen MR) is 80.1 cm³/mol. The molecule has 0 fully saturated rings. The van der Waals surface area contributed by atoms with Gasteiger partial charge in [0.2, 0.25) is 10.0 Å². The lowest BCUT2D eigenvalue weighted by atomic mass is 10.2. The van der Waals surface area contributed by atoms with Crippen molar-refractivity contribution in [3.05, 3.63) is 29.6 Å². The van der Waals surface area contributed by atoms with Crippen molar-refractivity contribution in [1.82, 2.24) is 10.0 Å². The van der Waals surface area contributed by atoms with Crippen LogP contribution in [0, 0.1) is 5.82 Å². The maximum absolute atomic E-state index is 13.7. The first-order valence-corrected chi connectivity index (χ1v) is 8.39. The zero-order valence-electron chi connectivity index (χ0n) is 12.6. The molecule has 1 aromatic rings. The Morgan fingerprint density at radius 2 is 2.10 bits per heavy atom. The molecule has 1 aromatic carbocycles. The topological polar surface area (TPSA) is 67.4 Å². The van der Waals surface area contributed by atoms with E-state index in [-0.39, 0.29) is 17.5 Å². The van der Waals surface area contributed by atoms with Crippen LogP contribution in [0.4, 0.5) is 4.39 Å². The van der Waals surface area contributed by atoms with Gasteiger partial charge in [-0.25, -0.2) is 17.5 Å². The Morgan fingerprint density at radius 1 is 1.38 bits per heavy atom. The molecule has 1 unspecified atom stereocenters. The number of sulfonamides is 1. The van der Waals surface area contributed by atoms with Crippen LogP contribution in [0.3, 0.4) is 0 Å². The summed E-state index contributed by atoms with van der Waals surface area (Å²) in [6.07, 6.45) is 0.926. The van der Waals surface area contributed by atoms with Crippen molar-refractivity contribution in [2.45, 2.75) is 37.8 Å². The van der Waals surface area contributed by atoms with Crippen molar-refractivity contribution in [3.8, 4) is 0 Å². The van der Waals surface area contributed by atoms with Gasteiger partial charge in [0.05, 0.1) is 11.5 Å². The van der Waals surface area contributed by atoms with E-state index in [2.05, 4.69) is 10.0 Å². The van der Waals surface area contributed by atoms with E-state index in [4.69, 9.17) is 4.74 Å². The molecule has 2 N–H and O–H groups in total. The molecule has 0 bridgehead atoms. The third kappa shape index (κ3) is 5.70. The fourth-order valence-electron chi connectivity index (χ4n) is 1.87. The lowest BCUT2D eigenvalue weighted by Crippen LogP contribution is -2.35. The Labute approximate surface area is 125 Å². The molecule has 0 aliphatic heterocycles. The van der Waals surface area contributed by atoms with Gasteiger partial charge >= 0.3 is 0 Å². The number of methoxy groups -OCH3 is 1. The zero-order chi connectivity index (χ0) is 15.9. The highest BCUT2D eigenvalue weighted by Gasteiger charge is 2.18. The second kappa shape index (κ2) is 8.43. The van der Waals surface area contributed by atoms with Crippen LogP contribution in [0.15, 0.2) is 23.1 Å². The van der Waals surface area contributed by atoms with Crippen molar-refractivity contribution in [2.75, 3.05) is 20.3 Å². The summed E-state index contributed by atoms with van der Waals surface area (Å²) in [6.45, 7) is 5.03. The van der Waals surface area contributed by atoms with Crippen LogP contribution >= 0.6 is 0 Å². The van der Waals surface area contributed by atoms with Gasteiger partial charge in [-0.05, 0) is 38.1 Å². The maximum Gasteiger partial charge on any atom is 0.240 e. The molecule has 0 aromatic heterocycles. The van der Waals surface area contributed by atoms with Gasteiger partial charge < -0.3 is 10.1 Å². The minimum absolute atomic E-state index is 0.0557. The summed E-state index contributed by atoms with van der Waals surface area (Å²) in [4.78, 5) is 0.0557. The Hall–Kier alpha value is -1.02. The van der Waals surface area contributed by atoms with Crippen molar-refractivity contribution >= 4 is 10.0 Å². The minimum Gasteiger partial charge on any atom is -0.383 e. The smallest absolute Gasteiger partial charge is 0.240 e. The van der Waals surface area contributed by atoms with E-state index in [0.29, 0.717) is 12.1 Å². The van der Waals surface area contributed by atoms with E-state index in [9.17, 15) is 12.8 Å². The van der Waals surface area contributed by atoms with Crippen LogP contribution < -0.4 is 10.0 Å². The van der Waals surface area contributed by atoms with E-state index < -0.39 is 15.8 Å². The lowest BCUT2D eigenvalue weighted by Gasteiger charge is -2.14. The first-order valence-electron chi connectivity index (χ1n) is 6.91. The van der Waals surface area contributed by atoms with E-state index in [1.165, 1.54) is 25.3 Å². The van der Waals surface area contributed by atoms with Crippen LogP contribution in [0.25, 0.3) is 0 Å². The SMILES string of the molecule is CCCNCc1cc(S(=O)(=O)NC(C)COC)ccc1F. The zero-order valence-corrected chi connectivity index (χ0v) is 13.5. The van der Waals surface area contributed by atoms with Crippen LogP contribution in [0.1, 0.15) is 25.8 Å². The second-order valence-electron chi connectivity index (χ2n) is 4.91. The Kier molecular flexibility index (Phi) is 7.24. The molecule has 0 aliphatic rings. The quantitative estimate of drug-likeness (QED) is 0.679. The highest BCUT2D eigenvalue weighted by molar-refractivity contribution is 7.89. The van der Waals surface area contributed by atoms with Gasteiger partial charge in [-0.2, -0.15) is 0 Å². The number of nitrogens with one attached hydrogen (secondary N) is 2. The van der Waals surface area contributed by atoms with Crippen molar-refractivity contribution in [2.24, 2.45) is 0 Å². The van der Waals surface area contributed by atoms with Gasteiger partial charge in [0.25, 0.3) is 0 Å². The molecule has 0 spiro atoms. The Morgan fingerprint density at radius 3 is 2.71 bits per heavy atom. The summed E-state index contributed by atoms with van der Waals surface area (Å²) >= 11 is 0. The number of halogens is 1. The molecular weight excluding hydrogens is 295 g/mol. The highest BCUT2D eigenvalue weighted by atomic mass is 32.2. The predicted octanol–water partition coefficient (Wildman–Crippen LogP) is 1.64. The van der Waals surface area contributed by atoms with Gasteiger partial charge in [0.1, 0.15) is 5.82 Å². The molecule has 120 valence electrons. The molecule has 0 aliphatic carbocycles. The number of hydrogen-bond donors (Lipinski definition) is 2. The summed E-state index contributed by atoms with van der Waals surface area (Å²) < 4.78 is 45.5. The number of ether oxygens (including phenoxy) is 1. The summed E-state index contributed by atoms with van der Waals surface area (Å²) in [7, 11) is -2.18. The second-order valence-corrected chi connectivity index (χ2v) is 6.62. The third-order valence-corrected chi connectivity index (χ3v) is 4.43. The van der Waals surface area contributed by atoms with Crippen LogP contribution in [0.2, 0.25) is 0 Å². The van der Waals surface area contributed by atoms with Crippen molar-refractivity contribution in [3.63, 3.8) is 0 Å². The third-order valence-electron chi connectivity index (χ3n) is 2.84. The molecule has 21 heavy (non-hydrogen) atoms.